The maximum atomic E-state index is 12.9. The second-order valence-electron chi connectivity index (χ2n) is 4.59. The standard InChI is InChI=1S/C14H18FN3/c1-10-7-14(18(2)17-10)8-12(9-16)11-3-5-13(15)6-4-11/h3-7,12H,8-9,16H2,1-2H3. The molecule has 0 amide bonds. The van der Waals surface area contributed by atoms with E-state index in [1.165, 1.54) is 12.1 Å². The third-order valence-electron chi connectivity index (χ3n) is 3.18. The van der Waals surface area contributed by atoms with E-state index in [1.54, 1.807) is 12.1 Å². The summed E-state index contributed by atoms with van der Waals surface area (Å²) >= 11 is 0. The van der Waals surface area contributed by atoms with Gasteiger partial charge in [0.2, 0.25) is 0 Å². The summed E-state index contributed by atoms with van der Waals surface area (Å²) in [5.41, 5.74) is 9.04. The summed E-state index contributed by atoms with van der Waals surface area (Å²) in [5.74, 6) is -0.0219. The molecular formula is C14H18FN3. The van der Waals surface area contributed by atoms with Crippen molar-refractivity contribution in [3.05, 3.63) is 53.1 Å². The number of hydrogen-bond acceptors (Lipinski definition) is 2. The number of halogens is 1. The number of nitrogens with two attached hydrogens (primary N) is 1. The molecule has 3 nitrogen and oxygen atoms in total. The summed E-state index contributed by atoms with van der Waals surface area (Å²) in [7, 11) is 1.93. The predicted octanol–water partition coefficient (Wildman–Crippen LogP) is 2.15. The maximum absolute atomic E-state index is 12.9. The minimum Gasteiger partial charge on any atom is -0.330 e. The molecule has 0 saturated carbocycles. The van der Waals surface area contributed by atoms with Crippen LogP contribution in [0.2, 0.25) is 0 Å². The summed E-state index contributed by atoms with van der Waals surface area (Å²) in [6, 6.07) is 8.62. The predicted molar refractivity (Wildman–Crippen MR) is 69.8 cm³/mol. The molecule has 0 saturated heterocycles. The van der Waals surface area contributed by atoms with Gasteiger partial charge in [-0.25, -0.2) is 4.39 Å². The molecule has 0 radical (unpaired) electrons. The monoisotopic (exact) mass is 247 g/mol. The molecule has 1 heterocycles. The zero-order valence-corrected chi connectivity index (χ0v) is 10.7. The minimum atomic E-state index is -0.217. The number of aryl methyl sites for hydroxylation is 2. The molecule has 0 aliphatic heterocycles. The van der Waals surface area contributed by atoms with Crippen molar-refractivity contribution in [2.75, 3.05) is 6.54 Å². The highest BCUT2D eigenvalue weighted by Crippen LogP contribution is 2.20. The Morgan fingerprint density at radius 3 is 2.50 bits per heavy atom. The second kappa shape index (κ2) is 5.31. The minimum absolute atomic E-state index is 0.195. The van der Waals surface area contributed by atoms with Crippen molar-refractivity contribution in [1.29, 1.82) is 0 Å². The molecule has 1 atom stereocenters. The molecule has 0 bridgehead atoms. The van der Waals surface area contributed by atoms with Gasteiger partial charge in [0.25, 0.3) is 0 Å². The van der Waals surface area contributed by atoms with E-state index >= 15 is 0 Å². The molecule has 0 aliphatic rings. The fourth-order valence-corrected chi connectivity index (χ4v) is 2.18. The van der Waals surface area contributed by atoms with Gasteiger partial charge in [-0.15, -0.1) is 0 Å². The SMILES string of the molecule is Cc1cc(CC(CN)c2ccc(F)cc2)n(C)n1. The topological polar surface area (TPSA) is 43.8 Å². The van der Waals surface area contributed by atoms with Crippen LogP contribution in [0.15, 0.2) is 30.3 Å². The van der Waals surface area contributed by atoms with Crippen molar-refractivity contribution in [2.24, 2.45) is 12.8 Å². The lowest BCUT2D eigenvalue weighted by Gasteiger charge is -2.15. The Balaban J connectivity index is 2.19. The molecule has 1 unspecified atom stereocenters. The van der Waals surface area contributed by atoms with Crippen LogP contribution in [-0.2, 0) is 13.5 Å². The van der Waals surface area contributed by atoms with Crippen LogP contribution >= 0.6 is 0 Å². The Morgan fingerprint density at radius 2 is 2.00 bits per heavy atom. The van der Waals surface area contributed by atoms with Crippen molar-refractivity contribution in [3.8, 4) is 0 Å². The van der Waals surface area contributed by atoms with E-state index in [2.05, 4.69) is 11.2 Å². The quantitative estimate of drug-likeness (QED) is 0.899. The molecule has 1 aromatic heterocycles. The molecular weight excluding hydrogens is 229 g/mol. The first kappa shape index (κ1) is 12.8. The first-order chi connectivity index (χ1) is 8.60. The highest BCUT2D eigenvalue weighted by Gasteiger charge is 2.13. The van der Waals surface area contributed by atoms with E-state index in [-0.39, 0.29) is 11.7 Å². The summed E-state index contributed by atoms with van der Waals surface area (Å²) < 4.78 is 14.8. The van der Waals surface area contributed by atoms with Crippen molar-refractivity contribution in [2.45, 2.75) is 19.3 Å². The Labute approximate surface area is 106 Å². The van der Waals surface area contributed by atoms with Crippen molar-refractivity contribution in [1.82, 2.24) is 9.78 Å². The molecule has 4 heteroatoms. The molecule has 0 aliphatic carbocycles. The van der Waals surface area contributed by atoms with Gasteiger partial charge in [-0.3, -0.25) is 4.68 Å². The van der Waals surface area contributed by atoms with Gasteiger partial charge in [-0.05, 0) is 43.7 Å². The summed E-state index contributed by atoms with van der Waals surface area (Å²) in [5, 5.41) is 4.32. The van der Waals surface area contributed by atoms with Crippen LogP contribution in [-0.4, -0.2) is 16.3 Å². The van der Waals surface area contributed by atoms with Crippen molar-refractivity contribution < 1.29 is 4.39 Å². The van der Waals surface area contributed by atoms with E-state index in [9.17, 15) is 4.39 Å². The zero-order chi connectivity index (χ0) is 13.1. The Morgan fingerprint density at radius 1 is 1.33 bits per heavy atom. The largest absolute Gasteiger partial charge is 0.330 e. The molecule has 2 N–H and O–H groups in total. The Hall–Kier alpha value is -1.68. The van der Waals surface area contributed by atoms with Gasteiger partial charge in [-0.1, -0.05) is 12.1 Å². The Bertz CT molecular complexity index is 516. The van der Waals surface area contributed by atoms with Gasteiger partial charge in [-0.2, -0.15) is 5.10 Å². The third kappa shape index (κ3) is 2.76. The van der Waals surface area contributed by atoms with E-state index in [0.717, 1.165) is 23.4 Å². The highest BCUT2D eigenvalue weighted by atomic mass is 19.1. The third-order valence-corrected chi connectivity index (χ3v) is 3.18. The fourth-order valence-electron chi connectivity index (χ4n) is 2.18. The molecule has 2 rings (SSSR count). The summed E-state index contributed by atoms with van der Waals surface area (Å²) in [4.78, 5) is 0. The van der Waals surface area contributed by atoms with Gasteiger partial charge >= 0.3 is 0 Å². The summed E-state index contributed by atoms with van der Waals surface area (Å²) in [6.45, 7) is 2.51. The lowest BCUT2D eigenvalue weighted by Crippen LogP contribution is -2.16. The highest BCUT2D eigenvalue weighted by molar-refractivity contribution is 5.23. The molecule has 0 spiro atoms. The maximum Gasteiger partial charge on any atom is 0.123 e. The zero-order valence-electron chi connectivity index (χ0n) is 10.7. The van der Waals surface area contributed by atoms with E-state index in [1.807, 2.05) is 18.7 Å². The van der Waals surface area contributed by atoms with Gasteiger partial charge in [0, 0.05) is 18.7 Å². The molecule has 18 heavy (non-hydrogen) atoms. The molecule has 96 valence electrons. The van der Waals surface area contributed by atoms with Gasteiger partial charge < -0.3 is 5.73 Å². The summed E-state index contributed by atoms with van der Waals surface area (Å²) in [6.07, 6.45) is 0.819. The van der Waals surface area contributed by atoms with Crippen molar-refractivity contribution in [3.63, 3.8) is 0 Å². The normalized spacial score (nSPS) is 12.7. The van der Waals surface area contributed by atoms with Crippen LogP contribution in [0, 0.1) is 12.7 Å². The Kier molecular flexibility index (Phi) is 3.77. The van der Waals surface area contributed by atoms with Crippen molar-refractivity contribution >= 4 is 0 Å². The van der Waals surface area contributed by atoms with Crippen LogP contribution in [0.5, 0.6) is 0 Å². The molecule has 0 fully saturated rings. The molecule has 2 aromatic rings. The van der Waals surface area contributed by atoms with Crippen LogP contribution in [0.25, 0.3) is 0 Å². The lowest BCUT2D eigenvalue weighted by molar-refractivity contribution is 0.614. The lowest BCUT2D eigenvalue weighted by atomic mass is 9.94. The van der Waals surface area contributed by atoms with E-state index in [0.29, 0.717) is 6.54 Å². The number of nitrogens with zero attached hydrogens (tertiary/aromatic N) is 2. The number of benzene rings is 1. The average Bonchev–Trinajstić information content (AvgIpc) is 2.66. The number of hydrogen-bond donors (Lipinski definition) is 1. The van der Waals surface area contributed by atoms with Crippen LogP contribution < -0.4 is 5.73 Å². The first-order valence-electron chi connectivity index (χ1n) is 6.05. The first-order valence-corrected chi connectivity index (χ1v) is 6.05. The number of aromatic nitrogens is 2. The second-order valence-corrected chi connectivity index (χ2v) is 4.59. The fraction of sp³-hybridized carbons (Fsp3) is 0.357. The average molecular weight is 247 g/mol. The van der Waals surface area contributed by atoms with Crippen LogP contribution in [0.1, 0.15) is 22.9 Å². The van der Waals surface area contributed by atoms with Crippen LogP contribution in [0.3, 0.4) is 0 Å². The number of rotatable bonds is 4. The smallest absolute Gasteiger partial charge is 0.123 e. The van der Waals surface area contributed by atoms with Gasteiger partial charge in [0.05, 0.1) is 5.69 Å². The van der Waals surface area contributed by atoms with Crippen LogP contribution in [0.4, 0.5) is 4.39 Å². The van der Waals surface area contributed by atoms with Gasteiger partial charge in [0.15, 0.2) is 0 Å². The van der Waals surface area contributed by atoms with E-state index in [4.69, 9.17) is 5.73 Å². The van der Waals surface area contributed by atoms with E-state index < -0.39 is 0 Å². The van der Waals surface area contributed by atoms with Gasteiger partial charge in [0.1, 0.15) is 5.82 Å². The molecule has 1 aromatic carbocycles.